The Kier molecular flexibility index (Phi) is 3.14. The van der Waals surface area contributed by atoms with E-state index in [0.29, 0.717) is 18.3 Å². The number of hydrogen-bond donors (Lipinski definition) is 2. The summed E-state index contributed by atoms with van der Waals surface area (Å²) in [5, 5.41) is 5.83. The summed E-state index contributed by atoms with van der Waals surface area (Å²) in [4.78, 5) is 15.6. The number of rotatable bonds is 2. The fraction of sp³-hybridized carbons (Fsp3) is 0.250. The number of nitrogens with zero attached hydrogens (tertiary/aromatic N) is 1. The van der Waals surface area contributed by atoms with Crippen LogP contribution >= 0.6 is 0 Å². The standard InChI is InChI=1S/C16H17N3O/c1-10(2)11-3-5-12(6-4-11)13-7-14-16(18-8-13)19-15(20)9-17-14/h3-8,10,17H,9H2,1-2H3,(H,18,19,20). The number of amides is 1. The summed E-state index contributed by atoms with van der Waals surface area (Å²) >= 11 is 0. The van der Waals surface area contributed by atoms with Gasteiger partial charge in [0.25, 0.3) is 0 Å². The zero-order chi connectivity index (χ0) is 14.1. The molecule has 3 rings (SSSR count). The molecule has 0 saturated heterocycles. The number of benzene rings is 1. The highest BCUT2D eigenvalue weighted by Gasteiger charge is 2.15. The van der Waals surface area contributed by atoms with Gasteiger partial charge in [0.15, 0.2) is 5.82 Å². The SMILES string of the molecule is CC(C)c1ccc(-c2cnc3c(c2)NCC(=O)N3)cc1. The van der Waals surface area contributed by atoms with Gasteiger partial charge in [0.05, 0.1) is 12.2 Å². The first-order valence-electron chi connectivity index (χ1n) is 6.77. The van der Waals surface area contributed by atoms with Gasteiger partial charge in [-0.2, -0.15) is 0 Å². The molecule has 1 aromatic carbocycles. The number of pyridine rings is 1. The maximum Gasteiger partial charge on any atom is 0.244 e. The Hall–Kier alpha value is -2.36. The molecule has 102 valence electrons. The molecule has 2 heterocycles. The largest absolute Gasteiger partial charge is 0.373 e. The fourth-order valence-electron chi connectivity index (χ4n) is 2.27. The molecule has 1 aliphatic rings. The molecule has 0 saturated carbocycles. The van der Waals surface area contributed by atoms with Crippen molar-refractivity contribution in [2.45, 2.75) is 19.8 Å². The Labute approximate surface area is 118 Å². The van der Waals surface area contributed by atoms with Gasteiger partial charge >= 0.3 is 0 Å². The number of aromatic nitrogens is 1. The molecule has 4 heteroatoms. The van der Waals surface area contributed by atoms with Crippen molar-refractivity contribution in [1.82, 2.24) is 4.98 Å². The van der Waals surface area contributed by atoms with Crippen LogP contribution in [0.4, 0.5) is 11.5 Å². The highest BCUT2D eigenvalue weighted by molar-refractivity contribution is 5.99. The normalized spacial score (nSPS) is 13.7. The molecule has 0 bridgehead atoms. The van der Waals surface area contributed by atoms with Crippen LogP contribution in [0.1, 0.15) is 25.3 Å². The van der Waals surface area contributed by atoms with Gasteiger partial charge in [-0.25, -0.2) is 4.98 Å². The summed E-state index contributed by atoms with van der Waals surface area (Å²) in [5.74, 6) is 1.07. The first-order valence-corrected chi connectivity index (χ1v) is 6.77. The van der Waals surface area contributed by atoms with E-state index in [4.69, 9.17) is 0 Å². The van der Waals surface area contributed by atoms with Gasteiger partial charge in [-0.15, -0.1) is 0 Å². The van der Waals surface area contributed by atoms with Gasteiger partial charge in [0, 0.05) is 11.8 Å². The molecular weight excluding hydrogens is 250 g/mol. The predicted octanol–water partition coefficient (Wildman–Crippen LogP) is 3.24. The van der Waals surface area contributed by atoms with Gasteiger partial charge in [-0.05, 0) is 23.1 Å². The smallest absolute Gasteiger partial charge is 0.244 e. The van der Waals surface area contributed by atoms with E-state index in [-0.39, 0.29) is 5.91 Å². The van der Waals surface area contributed by atoms with E-state index in [9.17, 15) is 4.79 Å². The molecule has 0 spiro atoms. The number of carbonyl (C=O) groups excluding carboxylic acids is 1. The van der Waals surface area contributed by atoms with E-state index < -0.39 is 0 Å². The summed E-state index contributed by atoms with van der Waals surface area (Å²) in [6, 6.07) is 10.5. The van der Waals surface area contributed by atoms with E-state index in [1.165, 1.54) is 5.56 Å². The second-order valence-corrected chi connectivity index (χ2v) is 5.30. The van der Waals surface area contributed by atoms with E-state index in [1.807, 2.05) is 6.07 Å². The zero-order valence-corrected chi connectivity index (χ0v) is 11.6. The molecule has 0 radical (unpaired) electrons. The number of anilines is 2. The molecule has 20 heavy (non-hydrogen) atoms. The first-order chi connectivity index (χ1) is 9.63. The van der Waals surface area contributed by atoms with Gasteiger partial charge in [-0.3, -0.25) is 4.79 Å². The van der Waals surface area contributed by atoms with Crippen molar-refractivity contribution in [3.05, 3.63) is 42.1 Å². The van der Waals surface area contributed by atoms with Crippen LogP contribution in [0.5, 0.6) is 0 Å². The first kappa shape index (κ1) is 12.7. The van der Waals surface area contributed by atoms with Gasteiger partial charge in [-0.1, -0.05) is 38.1 Å². The quantitative estimate of drug-likeness (QED) is 0.878. The third-order valence-corrected chi connectivity index (χ3v) is 3.50. The van der Waals surface area contributed by atoms with Crippen LogP contribution < -0.4 is 10.6 Å². The maximum atomic E-state index is 11.3. The predicted molar refractivity (Wildman–Crippen MR) is 80.9 cm³/mol. The highest BCUT2D eigenvalue weighted by Crippen LogP contribution is 2.29. The van der Waals surface area contributed by atoms with Crippen molar-refractivity contribution in [1.29, 1.82) is 0 Å². The van der Waals surface area contributed by atoms with Crippen molar-refractivity contribution < 1.29 is 4.79 Å². The number of fused-ring (bicyclic) bond motifs is 1. The van der Waals surface area contributed by atoms with E-state index in [2.05, 4.69) is 53.7 Å². The van der Waals surface area contributed by atoms with Crippen LogP contribution in [0, 0.1) is 0 Å². The number of hydrogen-bond acceptors (Lipinski definition) is 3. The van der Waals surface area contributed by atoms with Crippen LogP contribution in [-0.2, 0) is 4.79 Å². The lowest BCUT2D eigenvalue weighted by atomic mass is 9.99. The molecule has 4 nitrogen and oxygen atoms in total. The number of nitrogens with one attached hydrogen (secondary N) is 2. The molecule has 2 aromatic rings. The Morgan fingerprint density at radius 3 is 2.60 bits per heavy atom. The molecule has 1 amide bonds. The Morgan fingerprint density at radius 2 is 1.90 bits per heavy atom. The summed E-state index contributed by atoms with van der Waals surface area (Å²) < 4.78 is 0. The monoisotopic (exact) mass is 267 g/mol. The van der Waals surface area contributed by atoms with E-state index >= 15 is 0 Å². The minimum absolute atomic E-state index is 0.0564. The summed E-state index contributed by atoms with van der Waals surface area (Å²) in [6.07, 6.45) is 1.79. The van der Waals surface area contributed by atoms with Crippen LogP contribution in [0.2, 0.25) is 0 Å². The van der Waals surface area contributed by atoms with E-state index in [0.717, 1.165) is 16.8 Å². The minimum atomic E-state index is -0.0564. The van der Waals surface area contributed by atoms with Crippen LogP contribution in [0.3, 0.4) is 0 Å². The molecule has 0 unspecified atom stereocenters. The molecule has 2 N–H and O–H groups in total. The lowest BCUT2D eigenvalue weighted by Crippen LogP contribution is -2.28. The number of carbonyl (C=O) groups is 1. The second-order valence-electron chi connectivity index (χ2n) is 5.30. The Bertz CT molecular complexity index is 647. The summed E-state index contributed by atoms with van der Waals surface area (Å²) in [5.41, 5.74) is 4.37. The van der Waals surface area contributed by atoms with Crippen molar-refractivity contribution in [2.75, 3.05) is 17.2 Å². The van der Waals surface area contributed by atoms with E-state index in [1.54, 1.807) is 6.20 Å². The molecule has 0 aliphatic carbocycles. The fourth-order valence-corrected chi connectivity index (χ4v) is 2.27. The zero-order valence-electron chi connectivity index (χ0n) is 11.6. The van der Waals surface area contributed by atoms with Crippen LogP contribution in [0.15, 0.2) is 36.5 Å². The van der Waals surface area contributed by atoms with Crippen LogP contribution in [-0.4, -0.2) is 17.4 Å². The topological polar surface area (TPSA) is 54.0 Å². The minimum Gasteiger partial charge on any atom is -0.373 e. The van der Waals surface area contributed by atoms with Crippen molar-refractivity contribution in [3.8, 4) is 11.1 Å². The van der Waals surface area contributed by atoms with Crippen molar-refractivity contribution >= 4 is 17.4 Å². The lowest BCUT2D eigenvalue weighted by molar-refractivity contribution is -0.114. The highest BCUT2D eigenvalue weighted by atomic mass is 16.2. The molecular formula is C16H17N3O. The summed E-state index contributed by atoms with van der Waals surface area (Å²) in [6.45, 7) is 4.66. The average Bonchev–Trinajstić information content (AvgIpc) is 2.47. The molecule has 0 fully saturated rings. The molecule has 1 aromatic heterocycles. The molecule has 1 aliphatic heterocycles. The Balaban J connectivity index is 1.92. The van der Waals surface area contributed by atoms with Crippen molar-refractivity contribution in [2.24, 2.45) is 0 Å². The third kappa shape index (κ3) is 2.37. The lowest BCUT2D eigenvalue weighted by Gasteiger charge is -2.18. The van der Waals surface area contributed by atoms with Crippen molar-refractivity contribution in [3.63, 3.8) is 0 Å². The maximum absolute atomic E-state index is 11.3. The second kappa shape index (κ2) is 4.96. The third-order valence-electron chi connectivity index (χ3n) is 3.50. The Morgan fingerprint density at radius 1 is 1.15 bits per heavy atom. The van der Waals surface area contributed by atoms with Gasteiger partial charge < -0.3 is 10.6 Å². The average molecular weight is 267 g/mol. The molecule has 0 atom stereocenters. The summed E-state index contributed by atoms with van der Waals surface area (Å²) in [7, 11) is 0. The van der Waals surface area contributed by atoms with Gasteiger partial charge in [0.2, 0.25) is 5.91 Å². The van der Waals surface area contributed by atoms with Gasteiger partial charge in [0.1, 0.15) is 0 Å². The van der Waals surface area contributed by atoms with Crippen LogP contribution in [0.25, 0.3) is 11.1 Å².